The van der Waals surface area contributed by atoms with E-state index < -0.39 is 0 Å². The van der Waals surface area contributed by atoms with E-state index in [1.54, 1.807) is 55.6 Å². The molecule has 0 aromatic heterocycles. The molecule has 0 fully saturated rings. The molecule has 6 heteroatoms. The summed E-state index contributed by atoms with van der Waals surface area (Å²) in [5.74, 6) is 0.157. The summed E-state index contributed by atoms with van der Waals surface area (Å²) < 4.78 is 10.3. The van der Waals surface area contributed by atoms with Crippen LogP contribution in [-0.4, -0.2) is 38.7 Å². The molecule has 0 radical (unpaired) electrons. The molecule has 0 spiro atoms. The fraction of sp³-hybridized carbons (Fsp3) is 0.300. The summed E-state index contributed by atoms with van der Waals surface area (Å²) in [6, 6.07) is 13.7. The van der Waals surface area contributed by atoms with Crippen LogP contribution in [0.2, 0.25) is 0 Å². The van der Waals surface area contributed by atoms with Gasteiger partial charge in [0.25, 0.3) is 11.8 Å². The molecule has 6 nitrogen and oxygen atoms in total. The van der Waals surface area contributed by atoms with E-state index in [9.17, 15) is 9.59 Å². The molecule has 0 saturated carbocycles. The molecule has 138 valence electrons. The first kappa shape index (κ1) is 19.5. The van der Waals surface area contributed by atoms with Crippen molar-refractivity contribution in [2.75, 3.05) is 32.2 Å². The molecule has 0 saturated heterocycles. The topological polar surface area (TPSA) is 76.7 Å². The molecule has 2 amide bonds. The lowest BCUT2D eigenvalue weighted by molar-refractivity contribution is 0.0945. The van der Waals surface area contributed by atoms with Crippen LogP contribution < -0.4 is 15.4 Å². The quantitative estimate of drug-likeness (QED) is 0.677. The Labute approximate surface area is 153 Å². The number of ether oxygens (including phenoxy) is 2. The van der Waals surface area contributed by atoms with E-state index in [1.165, 1.54) is 0 Å². The lowest BCUT2D eigenvalue weighted by atomic mass is 10.1. The Balaban J connectivity index is 2.00. The fourth-order valence-corrected chi connectivity index (χ4v) is 2.34. The standard InChI is InChI=1S/C20H24N2O4/c1-3-26-14-6-13-21-20(24)17-7-4-5-8-18(17)22-19(23)15-9-11-16(25-2)12-10-15/h4-5,7-12H,3,6,13-14H2,1-2H3,(H,21,24)(H,22,23). The third-order valence-corrected chi connectivity index (χ3v) is 3.73. The van der Waals surface area contributed by atoms with Gasteiger partial charge in [0.05, 0.1) is 18.4 Å². The second-order valence-electron chi connectivity index (χ2n) is 5.53. The monoisotopic (exact) mass is 356 g/mol. The van der Waals surface area contributed by atoms with Gasteiger partial charge >= 0.3 is 0 Å². The Morgan fingerprint density at radius 1 is 1.00 bits per heavy atom. The van der Waals surface area contributed by atoms with Crippen molar-refractivity contribution in [3.8, 4) is 5.75 Å². The van der Waals surface area contributed by atoms with E-state index in [0.29, 0.717) is 42.3 Å². The van der Waals surface area contributed by atoms with Crippen LogP contribution in [0.15, 0.2) is 48.5 Å². The van der Waals surface area contributed by atoms with Crippen LogP contribution in [0.3, 0.4) is 0 Å². The Kier molecular flexibility index (Phi) is 7.64. The van der Waals surface area contributed by atoms with E-state index >= 15 is 0 Å². The number of hydrogen-bond donors (Lipinski definition) is 2. The SMILES string of the molecule is CCOCCCNC(=O)c1ccccc1NC(=O)c1ccc(OC)cc1. The van der Waals surface area contributed by atoms with Gasteiger partial charge < -0.3 is 20.1 Å². The molecule has 0 atom stereocenters. The molecular formula is C20H24N2O4. The van der Waals surface area contributed by atoms with Gasteiger partial charge in [-0.1, -0.05) is 12.1 Å². The van der Waals surface area contributed by atoms with Crippen molar-refractivity contribution in [3.63, 3.8) is 0 Å². The first-order valence-electron chi connectivity index (χ1n) is 8.56. The smallest absolute Gasteiger partial charge is 0.255 e. The Morgan fingerprint density at radius 3 is 2.42 bits per heavy atom. The van der Waals surface area contributed by atoms with Crippen molar-refractivity contribution >= 4 is 17.5 Å². The van der Waals surface area contributed by atoms with Gasteiger partial charge in [-0.3, -0.25) is 9.59 Å². The Morgan fingerprint density at radius 2 is 1.73 bits per heavy atom. The molecule has 0 aliphatic carbocycles. The number of carbonyl (C=O) groups is 2. The van der Waals surface area contributed by atoms with Gasteiger partial charge in [0, 0.05) is 25.3 Å². The average Bonchev–Trinajstić information content (AvgIpc) is 2.68. The highest BCUT2D eigenvalue weighted by Crippen LogP contribution is 2.17. The number of hydrogen-bond acceptors (Lipinski definition) is 4. The minimum atomic E-state index is -0.288. The van der Waals surface area contributed by atoms with Gasteiger partial charge in [0.15, 0.2) is 0 Å². The first-order chi connectivity index (χ1) is 12.7. The molecule has 2 N–H and O–H groups in total. The van der Waals surface area contributed by atoms with Crippen LogP contribution in [0.1, 0.15) is 34.1 Å². The number of nitrogens with one attached hydrogen (secondary N) is 2. The van der Waals surface area contributed by atoms with Gasteiger partial charge in [-0.15, -0.1) is 0 Å². The van der Waals surface area contributed by atoms with Crippen LogP contribution in [0.25, 0.3) is 0 Å². The maximum absolute atomic E-state index is 12.4. The Bertz CT molecular complexity index is 729. The van der Waals surface area contributed by atoms with Crippen LogP contribution >= 0.6 is 0 Å². The number of methoxy groups -OCH3 is 1. The van der Waals surface area contributed by atoms with Crippen molar-refractivity contribution in [1.29, 1.82) is 0 Å². The predicted molar refractivity (Wildman–Crippen MR) is 101 cm³/mol. The van der Waals surface area contributed by atoms with Gasteiger partial charge in [-0.25, -0.2) is 0 Å². The number of carbonyl (C=O) groups excluding carboxylic acids is 2. The zero-order valence-electron chi connectivity index (χ0n) is 15.1. The van der Waals surface area contributed by atoms with E-state index in [2.05, 4.69) is 10.6 Å². The van der Waals surface area contributed by atoms with Gasteiger partial charge in [-0.2, -0.15) is 0 Å². The van der Waals surface area contributed by atoms with E-state index in [0.717, 1.165) is 6.42 Å². The van der Waals surface area contributed by atoms with Crippen LogP contribution in [0.4, 0.5) is 5.69 Å². The molecule has 0 aliphatic heterocycles. The second-order valence-corrected chi connectivity index (χ2v) is 5.53. The molecule has 2 aromatic carbocycles. The summed E-state index contributed by atoms with van der Waals surface area (Å²) in [6.45, 7) is 3.71. The Hall–Kier alpha value is -2.86. The highest BCUT2D eigenvalue weighted by molar-refractivity contribution is 6.09. The highest BCUT2D eigenvalue weighted by atomic mass is 16.5. The van der Waals surface area contributed by atoms with Crippen LogP contribution in [0, 0.1) is 0 Å². The zero-order chi connectivity index (χ0) is 18.8. The molecule has 0 aliphatic rings. The zero-order valence-corrected chi connectivity index (χ0v) is 15.1. The summed E-state index contributed by atoms with van der Waals surface area (Å²) in [4.78, 5) is 24.8. The molecule has 0 bridgehead atoms. The van der Waals surface area contributed by atoms with Crippen molar-refractivity contribution in [1.82, 2.24) is 5.32 Å². The second kappa shape index (κ2) is 10.2. The average molecular weight is 356 g/mol. The predicted octanol–water partition coefficient (Wildman–Crippen LogP) is 3.10. The maximum Gasteiger partial charge on any atom is 0.255 e. The highest BCUT2D eigenvalue weighted by Gasteiger charge is 2.13. The number of amides is 2. The molecular weight excluding hydrogens is 332 g/mol. The molecule has 26 heavy (non-hydrogen) atoms. The summed E-state index contributed by atoms with van der Waals surface area (Å²) in [6.07, 6.45) is 0.736. The van der Waals surface area contributed by atoms with Crippen molar-refractivity contribution in [2.24, 2.45) is 0 Å². The summed E-state index contributed by atoms with van der Waals surface area (Å²) in [7, 11) is 1.57. The molecule has 0 heterocycles. The largest absolute Gasteiger partial charge is 0.497 e. The van der Waals surface area contributed by atoms with Gasteiger partial charge in [-0.05, 0) is 49.7 Å². The lowest BCUT2D eigenvalue weighted by Gasteiger charge is -2.12. The summed E-state index contributed by atoms with van der Waals surface area (Å²) in [5, 5.41) is 5.63. The van der Waals surface area contributed by atoms with Gasteiger partial charge in [0.1, 0.15) is 5.75 Å². The lowest BCUT2D eigenvalue weighted by Crippen LogP contribution is -2.26. The third kappa shape index (κ3) is 5.60. The maximum atomic E-state index is 12.4. The van der Waals surface area contributed by atoms with E-state index in [-0.39, 0.29) is 11.8 Å². The number of para-hydroxylation sites is 1. The number of rotatable bonds is 9. The summed E-state index contributed by atoms with van der Waals surface area (Å²) >= 11 is 0. The minimum Gasteiger partial charge on any atom is -0.497 e. The normalized spacial score (nSPS) is 10.2. The van der Waals surface area contributed by atoms with Crippen molar-refractivity contribution < 1.29 is 19.1 Å². The number of anilines is 1. The minimum absolute atomic E-state index is 0.230. The van der Waals surface area contributed by atoms with Gasteiger partial charge in [0.2, 0.25) is 0 Å². The fourth-order valence-electron chi connectivity index (χ4n) is 2.34. The van der Waals surface area contributed by atoms with E-state index in [4.69, 9.17) is 9.47 Å². The molecule has 2 aromatic rings. The van der Waals surface area contributed by atoms with Crippen molar-refractivity contribution in [2.45, 2.75) is 13.3 Å². The summed E-state index contributed by atoms with van der Waals surface area (Å²) in [5.41, 5.74) is 1.37. The molecule has 0 unspecified atom stereocenters. The van der Waals surface area contributed by atoms with Crippen LogP contribution in [-0.2, 0) is 4.74 Å². The van der Waals surface area contributed by atoms with Crippen LogP contribution in [0.5, 0.6) is 5.75 Å². The number of benzene rings is 2. The van der Waals surface area contributed by atoms with E-state index in [1.807, 2.05) is 6.92 Å². The third-order valence-electron chi connectivity index (χ3n) is 3.73. The molecule has 2 rings (SSSR count). The van der Waals surface area contributed by atoms with Crippen molar-refractivity contribution in [3.05, 3.63) is 59.7 Å². The first-order valence-corrected chi connectivity index (χ1v) is 8.56.